The van der Waals surface area contributed by atoms with Gasteiger partial charge in [0.1, 0.15) is 5.69 Å². The van der Waals surface area contributed by atoms with Gasteiger partial charge in [0.25, 0.3) is 5.91 Å². The van der Waals surface area contributed by atoms with Crippen molar-refractivity contribution in [2.75, 3.05) is 11.9 Å². The Morgan fingerprint density at radius 3 is 3.00 bits per heavy atom. The molecule has 0 saturated heterocycles. The first-order valence-corrected chi connectivity index (χ1v) is 7.85. The van der Waals surface area contributed by atoms with Crippen LogP contribution in [0.3, 0.4) is 0 Å². The van der Waals surface area contributed by atoms with Gasteiger partial charge < -0.3 is 10.2 Å². The summed E-state index contributed by atoms with van der Waals surface area (Å²) in [6.45, 7) is 2.60. The molecule has 4 rings (SSSR count). The SMILES string of the molecule is CC(c1ccc2ncccc2c1)N(C)c1ncc2c(n1)C(=O)NC2. The van der Waals surface area contributed by atoms with E-state index in [4.69, 9.17) is 0 Å². The Morgan fingerprint density at radius 2 is 2.12 bits per heavy atom. The van der Waals surface area contributed by atoms with E-state index in [1.807, 2.05) is 24.1 Å². The molecule has 1 aromatic carbocycles. The second-order valence-corrected chi connectivity index (χ2v) is 5.97. The van der Waals surface area contributed by atoms with Crippen LogP contribution in [-0.2, 0) is 6.54 Å². The number of hydrogen-bond donors (Lipinski definition) is 1. The molecule has 0 spiro atoms. The third-order valence-corrected chi connectivity index (χ3v) is 4.51. The normalized spacial score (nSPS) is 14.3. The molecular formula is C18H17N5O. The third-order valence-electron chi connectivity index (χ3n) is 4.51. The molecule has 0 saturated carbocycles. The van der Waals surface area contributed by atoms with Crippen molar-refractivity contribution in [2.24, 2.45) is 0 Å². The number of nitrogens with one attached hydrogen (secondary N) is 1. The number of carbonyl (C=O) groups excluding carboxylic acids is 1. The molecule has 1 atom stereocenters. The highest BCUT2D eigenvalue weighted by Crippen LogP contribution is 2.26. The summed E-state index contributed by atoms with van der Waals surface area (Å²) in [6, 6.07) is 10.3. The predicted molar refractivity (Wildman–Crippen MR) is 91.8 cm³/mol. The summed E-state index contributed by atoms with van der Waals surface area (Å²) in [5.74, 6) is 0.413. The number of carbonyl (C=O) groups is 1. The topological polar surface area (TPSA) is 71.0 Å². The summed E-state index contributed by atoms with van der Waals surface area (Å²) in [4.78, 5) is 27.0. The van der Waals surface area contributed by atoms with Crippen molar-refractivity contribution in [1.29, 1.82) is 0 Å². The molecule has 1 amide bonds. The fraction of sp³-hybridized carbons (Fsp3) is 0.222. The summed E-state index contributed by atoms with van der Waals surface area (Å²) >= 11 is 0. The molecule has 0 radical (unpaired) electrons. The van der Waals surface area contributed by atoms with Gasteiger partial charge in [-0.25, -0.2) is 9.97 Å². The first kappa shape index (κ1) is 14.6. The van der Waals surface area contributed by atoms with E-state index in [9.17, 15) is 4.79 Å². The number of rotatable bonds is 3. The van der Waals surface area contributed by atoms with Gasteiger partial charge in [-0.1, -0.05) is 12.1 Å². The molecule has 6 nitrogen and oxygen atoms in total. The zero-order valence-electron chi connectivity index (χ0n) is 13.5. The van der Waals surface area contributed by atoms with Gasteiger partial charge in [-0.15, -0.1) is 0 Å². The quantitative estimate of drug-likeness (QED) is 0.803. The molecule has 6 heteroatoms. The van der Waals surface area contributed by atoms with Crippen molar-refractivity contribution < 1.29 is 4.79 Å². The molecule has 1 aliphatic heterocycles. The van der Waals surface area contributed by atoms with Crippen molar-refractivity contribution in [1.82, 2.24) is 20.3 Å². The fourth-order valence-corrected chi connectivity index (χ4v) is 2.90. The van der Waals surface area contributed by atoms with Crippen LogP contribution in [0.15, 0.2) is 42.7 Å². The van der Waals surface area contributed by atoms with Gasteiger partial charge in [0.15, 0.2) is 0 Å². The Morgan fingerprint density at radius 1 is 1.25 bits per heavy atom. The number of aromatic nitrogens is 3. The Balaban J connectivity index is 1.66. The molecule has 3 aromatic rings. The molecule has 120 valence electrons. The minimum absolute atomic E-state index is 0.0668. The van der Waals surface area contributed by atoms with Crippen LogP contribution in [0.1, 0.15) is 34.6 Å². The van der Waals surface area contributed by atoms with Crippen LogP contribution in [0.2, 0.25) is 0 Å². The van der Waals surface area contributed by atoms with Gasteiger partial charge in [-0.05, 0) is 30.7 Å². The largest absolute Gasteiger partial charge is 0.346 e. The van der Waals surface area contributed by atoms with Gasteiger partial charge in [-0.2, -0.15) is 0 Å². The average Bonchev–Trinajstić information content (AvgIpc) is 3.00. The summed E-state index contributed by atoms with van der Waals surface area (Å²) in [5, 5.41) is 3.87. The Labute approximate surface area is 139 Å². The lowest BCUT2D eigenvalue weighted by atomic mass is 10.0. The number of hydrogen-bond acceptors (Lipinski definition) is 5. The van der Waals surface area contributed by atoms with Crippen molar-refractivity contribution in [2.45, 2.75) is 19.5 Å². The van der Waals surface area contributed by atoms with Gasteiger partial charge in [0.05, 0.1) is 11.6 Å². The Hall–Kier alpha value is -3.02. The second kappa shape index (κ2) is 5.56. The van der Waals surface area contributed by atoms with E-state index in [1.54, 1.807) is 12.4 Å². The van der Waals surface area contributed by atoms with Crippen LogP contribution in [0.4, 0.5) is 5.95 Å². The summed E-state index contributed by atoms with van der Waals surface area (Å²) in [6.07, 6.45) is 3.52. The predicted octanol–water partition coefficient (Wildman–Crippen LogP) is 2.47. The number of fused-ring (bicyclic) bond motifs is 2. The van der Waals surface area contributed by atoms with Crippen LogP contribution >= 0.6 is 0 Å². The van der Waals surface area contributed by atoms with E-state index in [0.29, 0.717) is 18.2 Å². The summed E-state index contributed by atoms with van der Waals surface area (Å²) in [5.41, 5.74) is 3.44. The van der Waals surface area contributed by atoms with Crippen LogP contribution in [0.5, 0.6) is 0 Å². The zero-order chi connectivity index (χ0) is 16.7. The smallest absolute Gasteiger partial charge is 0.270 e. The van der Waals surface area contributed by atoms with Crippen molar-refractivity contribution >= 4 is 22.8 Å². The van der Waals surface area contributed by atoms with Gasteiger partial charge in [0, 0.05) is 36.9 Å². The van der Waals surface area contributed by atoms with E-state index in [2.05, 4.69) is 45.4 Å². The van der Waals surface area contributed by atoms with Gasteiger partial charge in [-0.3, -0.25) is 9.78 Å². The Bertz CT molecular complexity index is 940. The molecule has 0 aliphatic carbocycles. The van der Waals surface area contributed by atoms with Crippen LogP contribution in [0.25, 0.3) is 10.9 Å². The number of anilines is 1. The van der Waals surface area contributed by atoms with Crippen LogP contribution in [0, 0.1) is 0 Å². The monoisotopic (exact) mass is 319 g/mol. The van der Waals surface area contributed by atoms with E-state index in [-0.39, 0.29) is 11.9 Å². The van der Waals surface area contributed by atoms with E-state index in [0.717, 1.165) is 22.0 Å². The fourth-order valence-electron chi connectivity index (χ4n) is 2.90. The maximum absolute atomic E-state index is 11.8. The molecule has 24 heavy (non-hydrogen) atoms. The van der Waals surface area contributed by atoms with E-state index < -0.39 is 0 Å². The highest BCUT2D eigenvalue weighted by Gasteiger charge is 2.23. The number of nitrogens with zero attached hydrogens (tertiary/aromatic N) is 4. The molecule has 1 N–H and O–H groups in total. The summed E-state index contributed by atoms with van der Waals surface area (Å²) in [7, 11) is 1.94. The lowest BCUT2D eigenvalue weighted by Gasteiger charge is -2.25. The van der Waals surface area contributed by atoms with Crippen molar-refractivity contribution in [3.05, 3.63) is 59.5 Å². The number of benzene rings is 1. The Kier molecular flexibility index (Phi) is 3.37. The number of amides is 1. The maximum atomic E-state index is 11.8. The molecule has 0 bridgehead atoms. The average molecular weight is 319 g/mol. The first-order valence-electron chi connectivity index (χ1n) is 7.85. The van der Waals surface area contributed by atoms with Crippen molar-refractivity contribution in [3.63, 3.8) is 0 Å². The third kappa shape index (κ3) is 2.36. The minimum Gasteiger partial charge on any atom is -0.346 e. The van der Waals surface area contributed by atoms with Gasteiger partial charge >= 0.3 is 0 Å². The van der Waals surface area contributed by atoms with E-state index >= 15 is 0 Å². The lowest BCUT2D eigenvalue weighted by molar-refractivity contribution is 0.0961. The van der Waals surface area contributed by atoms with E-state index in [1.165, 1.54) is 0 Å². The highest BCUT2D eigenvalue weighted by atomic mass is 16.2. The standard InChI is InChI=1S/C18H17N5O/c1-11(12-5-6-15-13(8-12)4-3-7-19-15)23(2)18-21-10-14-9-20-17(24)16(14)22-18/h3-8,10-11H,9H2,1-2H3,(H,20,24). The maximum Gasteiger partial charge on any atom is 0.270 e. The molecule has 1 unspecified atom stereocenters. The first-order chi connectivity index (χ1) is 11.6. The summed E-state index contributed by atoms with van der Waals surface area (Å²) < 4.78 is 0. The van der Waals surface area contributed by atoms with Crippen molar-refractivity contribution in [3.8, 4) is 0 Å². The molecule has 2 aromatic heterocycles. The molecule has 1 aliphatic rings. The van der Waals surface area contributed by atoms with Crippen LogP contribution < -0.4 is 10.2 Å². The minimum atomic E-state index is -0.133. The second-order valence-electron chi connectivity index (χ2n) is 5.97. The highest BCUT2D eigenvalue weighted by molar-refractivity contribution is 5.96. The van der Waals surface area contributed by atoms with Gasteiger partial charge in [0.2, 0.25) is 5.95 Å². The number of pyridine rings is 1. The molecule has 0 fully saturated rings. The lowest BCUT2D eigenvalue weighted by Crippen LogP contribution is -2.24. The zero-order valence-corrected chi connectivity index (χ0v) is 13.5. The molecular weight excluding hydrogens is 302 g/mol. The van der Waals surface area contributed by atoms with Crippen LogP contribution in [-0.4, -0.2) is 27.9 Å². The molecule has 3 heterocycles.